The van der Waals surface area contributed by atoms with Crippen LogP contribution in [0.3, 0.4) is 0 Å². The van der Waals surface area contributed by atoms with Crippen molar-refractivity contribution < 1.29 is 18.3 Å². The minimum atomic E-state index is -4.66. The number of hydrogen-bond acceptors (Lipinski definition) is 1. The summed E-state index contributed by atoms with van der Waals surface area (Å²) in [6, 6.07) is 6.17. The second-order valence-corrected chi connectivity index (χ2v) is 4.14. The Morgan fingerprint density at radius 1 is 1.25 bits per heavy atom. The van der Waals surface area contributed by atoms with Crippen LogP contribution in [0.4, 0.5) is 13.2 Å². The van der Waals surface area contributed by atoms with Gasteiger partial charge in [-0.15, -0.1) is 12.8 Å². The maximum absolute atomic E-state index is 13.3. The van der Waals surface area contributed by atoms with Crippen LogP contribution in [0.5, 0.6) is 0 Å². The third kappa shape index (κ3) is 2.13. The summed E-state index contributed by atoms with van der Waals surface area (Å²) in [5.41, 5.74) is -1.03. The summed E-state index contributed by atoms with van der Waals surface area (Å²) in [4.78, 5) is 0. The van der Waals surface area contributed by atoms with E-state index in [0.717, 1.165) is 4.57 Å². The molecular weight excluding hydrogens is 267 g/mol. The van der Waals surface area contributed by atoms with Crippen LogP contribution < -0.4 is 0 Å². The molecule has 1 heterocycles. The van der Waals surface area contributed by atoms with Gasteiger partial charge < -0.3 is 9.67 Å². The highest BCUT2D eigenvalue weighted by Crippen LogP contribution is 2.40. The maximum atomic E-state index is 13.3. The second kappa shape index (κ2) is 4.96. The van der Waals surface area contributed by atoms with Crippen molar-refractivity contribution in [2.24, 2.45) is 0 Å². The molecule has 5 heteroatoms. The van der Waals surface area contributed by atoms with E-state index in [1.165, 1.54) is 12.1 Å². The summed E-state index contributed by atoms with van der Waals surface area (Å²) in [5.74, 6) is 4.12. The van der Waals surface area contributed by atoms with E-state index >= 15 is 0 Å². The molecular formula is C15H10F3NO. The molecule has 0 saturated carbocycles. The predicted molar refractivity (Wildman–Crippen MR) is 69.6 cm³/mol. The summed E-state index contributed by atoms with van der Waals surface area (Å²) in [7, 11) is 0. The molecule has 1 atom stereocenters. The van der Waals surface area contributed by atoms with Crippen LogP contribution in [0, 0.1) is 24.7 Å². The van der Waals surface area contributed by atoms with Gasteiger partial charge in [-0.25, -0.2) is 0 Å². The number of rotatable bonds is 2. The number of aromatic nitrogens is 1. The van der Waals surface area contributed by atoms with Crippen molar-refractivity contribution in [1.29, 1.82) is 0 Å². The Labute approximate surface area is 113 Å². The SMILES string of the molecule is C#CCn1c(C(F)(F)F)c(C(O)C#C)c2ccccc21. The predicted octanol–water partition coefficient (Wildman–Crippen LogP) is 2.96. The fraction of sp³-hybridized carbons (Fsp3) is 0.200. The second-order valence-electron chi connectivity index (χ2n) is 4.14. The van der Waals surface area contributed by atoms with Gasteiger partial charge in [0.05, 0.1) is 6.54 Å². The van der Waals surface area contributed by atoms with Crippen LogP contribution in [0.15, 0.2) is 24.3 Å². The van der Waals surface area contributed by atoms with Gasteiger partial charge in [0.2, 0.25) is 0 Å². The van der Waals surface area contributed by atoms with E-state index in [9.17, 15) is 18.3 Å². The first-order valence-corrected chi connectivity index (χ1v) is 5.67. The number of aliphatic hydroxyl groups excluding tert-OH is 1. The van der Waals surface area contributed by atoms with Crippen LogP contribution in [-0.2, 0) is 12.7 Å². The van der Waals surface area contributed by atoms with E-state index in [4.69, 9.17) is 12.8 Å². The summed E-state index contributed by atoms with van der Waals surface area (Å²) < 4.78 is 40.8. The molecule has 0 amide bonds. The molecule has 0 aliphatic carbocycles. The van der Waals surface area contributed by atoms with Gasteiger partial charge in [0.25, 0.3) is 0 Å². The van der Waals surface area contributed by atoms with Crippen molar-refractivity contribution in [3.05, 3.63) is 35.5 Å². The normalized spacial score (nSPS) is 12.9. The third-order valence-electron chi connectivity index (χ3n) is 2.96. The fourth-order valence-corrected chi connectivity index (χ4v) is 2.25. The molecule has 0 spiro atoms. The lowest BCUT2D eigenvalue weighted by atomic mass is 10.1. The number of aliphatic hydroxyl groups is 1. The summed E-state index contributed by atoms with van der Waals surface area (Å²) in [6.07, 6.45) is 3.91. The van der Waals surface area contributed by atoms with Crippen molar-refractivity contribution in [2.75, 3.05) is 0 Å². The van der Waals surface area contributed by atoms with Crippen molar-refractivity contribution in [1.82, 2.24) is 4.57 Å². The number of terminal acetylenes is 2. The molecule has 102 valence electrons. The summed E-state index contributed by atoms with van der Waals surface area (Å²) >= 11 is 0. The first-order valence-electron chi connectivity index (χ1n) is 5.67. The highest BCUT2D eigenvalue weighted by atomic mass is 19.4. The molecule has 2 aromatic rings. The number of alkyl halides is 3. The van der Waals surface area contributed by atoms with E-state index in [-0.39, 0.29) is 17.5 Å². The van der Waals surface area contributed by atoms with E-state index < -0.39 is 18.0 Å². The number of benzene rings is 1. The van der Waals surface area contributed by atoms with Gasteiger partial charge in [-0.2, -0.15) is 13.2 Å². The largest absolute Gasteiger partial charge is 0.431 e. The molecule has 2 rings (SSSR count). The van der Waals surface area contributed by atoms with Crippen LogP contribution >= 0.6 is 0 Å². The Balaban J connectivity index is 2.95. The van der Waals surface area contributed by atoms with Gasteiger partial charge in [0, 0.05) is 16.5 Å². The molecule has 0 aliphatic heterocycles. The quantitative estimate of drug-likeness (QED) is 0.839. The standard InChI is InChI=1S/C15H10F3NO/c1-3-9-19-11-8-6-5-7-10(11)13(12(20)4-2)14(19)15(16,17)18/h1-2,5-8,12,20H,9H2. The van der Waals surface area contributed by atoms with Gasteiger partial charge >= 0.3 is 6.18 Å². The maximum Gasteiger partial charge on any atom is 0.431 e. The average Bonchev–Trinajstić information content (AvgIpc) is 2.73. The van der Waals surface area contributed by atoms with E-state index in [1.807, 2.05) is 5.92 Å². The van der Waals surface area contributed by atoms with Crippen LogP contribution in [0.1, 0.15) is 17.4 Å². The number of para-hydroxylation sites is 1. The molecule has 1 unspecified atom stereocenters. The molecule has 0 bridgehead atoms. The highest BCUT2D eigenvalue weighted by Gasteiger charge is 2.40. The summed E-state index contributed by atoms with van der Waals surface area (Å²) in [5, 5.41) is 10.0. The first-order chi connectivity index (χ1) is 9.41. The lowest BCUT2D eigenvalue weighted by Gasteiger charge is -2.14. The van der Waals surface area contributed by atoms with E-state index in [1.54, 1.807) is 12.1 Å². The molecule has 1 aromatic carbocycles. The Morgan fingerprint density at radius 2 is 1.90 bits per heavy atom. The molecule has 0 aliphatic rings. The van der Waals surface area contributed by atoms with Gasteiger partial charge in [0.1, 0.15) is 11.8 Å². The number of nitrogens with zero attached hydrogens (tertiary/aromatic N) is 1. The number of halogens is 3. The van der Waals surface area contributed by atoms with Crippen LogP contribution in [-0.4, -0.2) is 9.67 Å². The zero-order valence-electron chi connectivity index (χ0n) is 10.3. The minimum absolute atomic E-state index is 0.250. The third-order valence-corrected chi connectivity index (χ3v) is 2.96. The average molecular weight is 277 g/mol. The number of hydrogen-bond donors (Lipinski definition) is 1. The highest BCUT2D eigenvalue weighted by molar-refractivity contribution is 5.86. The topological polar surface area (TPSA) is 25.2 Å². The lowest BCUT2D eigenvalue weighted by Crippen LogP contribution is -2.16. The molecule has 0 saturated heterocycles. The monoisotopic (exact) mass is 277 g/mol. The Hall–Kier alpha value is -2.37. The minimum Gasteiger partial charge on any atom is -0.376 e. The Morgan fingerprint density at radius 3 is 2.45 bits per heavy atom. The summed E-state index contributed by atoms with van der Waals surface area (Å²) in [6.45, 7) is -0.257. The van der Waals surface area contributed by atoms with Gasteiger partial charge in [0.15, 0.2) is 0 Å². The van der Waals surface area contributed by atoms with E-state index in [0.29, 0.717) is 5.52 Å². The number of fused-ring (bicyclic) bond motifs is 1. The van der Waals surface area contributed by atoms with Crippen LogP contribution in [0.2, 0.25) is 0 Å². The first kappa shape index (κ1) is 14.0. The van der Waals surface area contributed by atoms with Crippen molar-refractivity contribution in [2.45, 2.75) is 18.8 Å². The zero-order chi connectivity index (χ0) is 14.9. The molecule has 1 aromatic heterocycles. The van der Waals surface area contributed by atoms with Gasteiger partial charge in [-0.1, -0.05) is 30.0 Å². The molecule has 0 radical (unpaired) electrons. The van der Waals surface area contributed by atoms with Gasteiger partial charge in [-0.05, 0) is 6.07 Å². The van der Waals surface area contributed by atoms with Crippen LogP contribution in [0.25, 0.3) is 10.9 Å². The van der Waals surface area contributed by atoms with Crippen molar-refractivity contribution >= 4 is 10.9 Å². The van der Waals surface area contributed by atoms with Gasteiger partial charge in [-0.3, -0.25) is 0 Å². The fourth-order valence-electron chi connectivity index (χ4n) is 2.25. The molecule has 1 N–H and O–H groups in total. The lowest BCUT2D eigenvalue weighted by molar-refractivity contribution is -0.144. The van der Waals surface area contributed by atoms with Crippen molar-refractivity contribution in [3.63, 3.8) is 0 Å². The smallest absolute Gasteiger partial charge is 0.376 e. The Kier molecular flexibility index (Phi) is 3.48. The van der Waals surface area contributed by atoms with Crippen molar-refractivity contribution in [3.8, 4) is 24.7 Å². The Bertz CT molecular complexity index is 728. The molecule has 2 nitrogen and oxygen atoms in total. The zero-order valence-corrected chi connectivity index (χ0v) is 10.3. The molecule has 20 heavy (non-hydrogen) atoms. The van der Waals surface area contributed by atoms with E-state index in [2.05, 4.69) is 5.92 Å². The molecule has 0 fully saturated rings.